The highest BCUT2D eigenvalue weighted by atomic mass is 32.2. The summed E-state index contributed by atoms with van der Waals surface area (Å²) in [4.78, 5) is 57.4. The van der Waals surface area contributed by atoms with Crippen molar-refractivity contribution < 1.29 is 41.8 Å². The molecule has 3 heterocycles. The van der Waals surface area contributed by atoms with Gasteiger partial charge in [-0.15, -0.1) is 10.2 Å². The minimum absolute atomic E-state index is 0.0160. The molecular weight excluding hydrogens is 705 g/mol. The number of hydrogen-bond donors (Lipinski definition) is 3. The van der Waals surface area contributed by atoms with Gasteiger partial charge in [-0.25, -0.2) is 13.2 Å². The van der Waals surface area contributed by atoms with E-state index in [1.165, 1.54) is 12.0 Å². The molecule has 2 aliphatic carbocycles. The average molecular weight is 755 g/mol. The molecule has 1 saturated heterocycles. The number of methoxy groups -OCH3 is 1. The number of sulfonamides is 1. The Labute approximate surface area is 310 Å². The number of carbonyl (C=O) groups excluding carboxylic acids is 4. The van der Waals surface area contributed by atoms with Gasteiger partial charge >= 0.3 is 6.09 Å². The van der Waals surface area contributed by atoms with Crippen molar-refractivity contribution in [1.82, 2.24) is 30.5 Å². The average Bonchev–Trinajstić information content (AvgIpc) is 4.01. The number of nitrogens with zero attached hydrogens (tertiary/aromatic N) is 3. The first-order valence-corrected chi connectivity index (χ1v) is 19.9. The number of hydrogen-bond acceptors (Lipinski definition) is 11. The predicted octanol–water partition coefficient (Wildman–Crippen LogP) is 3.38. The Kier molecular flexibility index (Phi) is 10.6. The van der Waals surface area contributed by atoms with Crippen LogP contribution in [0.25, 0.3) is 10.8 Å². The van der Waals surface area contributed by atoms with Crippen molar-refractivity contribution in [1.29, 1.82) is 0 Å². The van der Waals surface area contributed by atoms with Gasteiger partial charge in [0.15, 0.2) is 0 Å². The standard InChI is InChI=1S/C37H50N6O9S/c1-21-11-7-8-12-23-19-37(23,34(46)42-53(48,49)25-15-16-25)39-30(44)28-18-24(51-32-27-14-10-9-13-26(27)31(50-6)40-41-32)20-43(28)33(45)29(22(2)17-21)38-35(47)52-36(3,4)5/h8-10,12-14,21-25,28-29H,7,11,15-20H2,1-6H3,(H,38,47)(H,39,44)(H,42,46)/b12-8-/t21-,22-,23-,24-,28+,29+,37-/m1/s1. The number of benzene rings is 1. The Morgan fingerprint density at radius 3 is 2.36 bits per heavy atom. The zero-order valence-electron chi connectivity index (χ0n) is 31.1. The molecule has 16 heteroatoms. The van der Waals surface area contributed by atoms with Crippen molar-refractivity contribution in [3.63, 3.8) is 0 Å². The number of fused-ring (bicyclic) bond motifs is 3. The number of aromatic nitrogens is 2. The van der Waals surface area contributed by atoms with Crippen molar-refractivity contribution in [2.24, 2.45) is 17.8 Å². The number of carbonyl (C=O) groups is 4. The van der Waals surface area contributed by atoms with E-state index in [9.17, 15) is 27.6 Å². The topological polar surface area (TPSA) is 195 Å². The molecule has 7 atom stereocenters. The summed E-state index contributed by atoms with van der Waals surface area (Å²) in [7, 11) is -2.41. The van der Waals surface area contributed by atoms with E-state index in [0.29, 0.717) is 42.3 Å². The number of allylic oxidation sites excluding steroid dienone is 1. The molecule has 288 valence electrons. The van der Waals surface area contributed by atoms with Gasteiger partial charge in [0.25, 0.3) is 5.91 Å². The van der Waals surface area contributed by atoms with Gasteiger partial charge in [0.1, 0.15) is 29.3 Å². The van der Waals surface area contributed by atoms with E-state index >= 15 is 0 Å². The Bertz CT molecular complexity index is 1890. The van der Waals surface area contributed by atoms with E-state index in [2.05, 4.69) is 32.5 Å². The monoisotopic (exact) mass is 754 g/mol. The number of amides is 4. The third-order valence-electron chi connectivity index (χ3n) is 10.4. The highest BCUT2D eigenvalue weighted by molar-refractivity contribution is 7.91. The lowest BCUT2D eigenvalue weighted by molar-refractivity contribution is -0.142. The van der Waals surface area contributed by atoms with Gasteiger partial charge < -0.3 is 29.7 Å². The lowest BCUT2D eigenvalue weighted by atomic mass is 9.88. The molecule has 1 aromatic heterocycles. The molecule has 3 fully saturated rings. The summed E-state index contributed by atoms with van der Waals surface area (Å²) in [6.07, 6.45) is 5.48. The molecule has 2 aliphatic heterocycles. The van der Waals surface area contributed by atoms with Crippen molar-refractivity contribution >= 4 is 44.6 Å². The summed E-state index contributed by atoms with van der Waals surface area (Å²) < 4.78 is 45.2. The second kappa shape index (κ2) is 14.7. The van der Waals surface area contributed by atoms with Crippen LogP contribution in [0, 0.1) is 17.8 Å². The van der Waals surface area contributed by atoms with E-state index in [-0.39, 0.29) is 37.1 Å². The SMILES string of the molecule is COc1nnc(O[C@@H]2C[C@H]3C(=O)N[C@]4(C(=O)NS(=O)(=O)C5CC5)C[C@H]4/C=C\CC[C@@H](C)C[C@@H](C)[C@H](NC(=O)OC(C)(C)C)C(=O)N3C2)c2ccccc12. The molecule has 2 saturated carbocycles. The van der Waals surface area contributed by atoms with Crippen molar-refractivity contribution in [2.75, 3.05) is 13.7 Å². The van der Waals surface area contributed by atoms with Gasteiger partial charge in [0.2, 0.25) is 33.6 Å². The molecule has 0 spiro atoms. The van der Waals surface area contributed by atoms with Gasteiger partial charge in [-0.1, -0.05) is 38.1 Å². The van der Waals surface area contributed by atoms with Crippen LogP contribution in [0.1, 0.15) is 79.6 Å². The molecule has 4 amide bonds. The van der Waals surface area contributed by atoms with Gasteiger partial charge in [-0.05, 0) is 83.3 Å². The zero-order valence-corrected chi connectivity index (χ0v) is 31.9. The van der Waals surface area contributed by atoms with E-state index in [0.717, 1.165) is 6.42 Å². The molecular formula is C37H50N6O9S. The lowest BCUT2D eigenvalue weighted by Crippen LogP contribution is -2.59. The Hall–Kier alpha value is -4.47. The summed E-state index contributed by atoms with van der Waals surface area (Å²) in [5, 5.41) is 14.7. The normalized spacial score (nSPS) is 30.1. The summed E-state index contributed by atoms with van der Waals surface area (Å²) >= 11 is 0. The van der Waals surface area contributed by atoms with Gasteiger partial charge in [0, 0.05) is 12.3 Å². The number of alkyl carbamates (subject to hydrolysis) is 1. The molecule has 53 heavy (non-hydrogen) atoms. The van der Waals surface area contributed by atoms with Crippen LogP contribution < -0.4 is 24.8 Å². The fourth-order valence-corrected chi connectivity index (χ4v) is 8.75. The van der Waals surface area contributed by atoms with Crippen LogP contribution in [-0.2, 0) is 29.1 Å². The summed E-state index contributed by atoms with van der Waals surface area (Å²) in [6.45, 7) is 9.09. The maximum absolute atomic E-state index is 14.7. The van der Waals surface area contributed by atoms with Crippen molar-refractivity contribution in [3.05, 3.63) is 36.4 Å². The van der Waals surface area contributed by atoms with E-state index in [4.69, 9.17) is 14.2 Å². The maximum atomic E-state index is 14.7. The minimum atomic E-state index is -3.90. The summed E-state index contributed by atoms with van der Waals surface area (Å²) in [5.74, 6) is -2.11. The van der Waals surface area contributed by atoms with E-state index < -0.39 is 74.3 Å². The second-order valence-electron chi connectivity index (χ2n) is 15.9. The predicted molar refractivity (Wildman–Crippen MR) is 194 cm³/mol. The van der Waals surface area contributed by atoms with Crippen LogP contribution in [0.2, 0.25) is 0 Å². The number of rotatable bonds is 7. The van der Waals surface area contributed by atoms with E-state index in [1.54, 1.807) is 26.8 Å². The fourth-order valence-electron chi connectivity index (χ4n) is 7.38. The summed E-state index contributed by atoms with van der Waals surface area (Å²) in [6, 6.07) is 5.06. The molecule has 15 nitrogen and oxygen atoms in total. The van der Waals surface area contributed by atoms with Gasteiger partial charge in [0.05, 0.1) is 29.7 Å². The molecule has 0 unspecified atom stereocenters. The quantitative estimate of drug-likeness (QED) is 0.351. The van der Waals surface area contributed by atoms with Crippen LogP contribution in [0.5, 0.6) is 11.8 Å². The van der Waals surface area contributed by atoms with Gasteiger partial charge in [-0.3, -0.25) is 19.1 Å². The Balaban J connectivity index is 1.35. The lowest BCUT2D eigenvalue weighted by Gasteiger charge is -2.33. The second-order valence-corrected chi connectivity index (χ2v) is 17.9. The van der Waals surface area contributed by atoms with Crippen LogP contribution in [-0.4, -0.2) is 95.6 Å². The van der Waals surface area contributed by atoms with Crippen LogP contribution >= 0.6 is 0 Å². The highest BCUT2D eigenvalue weighted by Crippen LogP contribution is 2.46. The van der Waals surface area contributed by atoms with Crippen molar-refractivity contribution in [2.45, 2.75) is 114 Å². The highest BCUT2D eigenvalue weighted by Gasteiger charge is 2.62. The molecule has 2 aromatic rings. The van der Waals surface area contributed by atoms with Crippen molar-refractivity contribution in [3.8, 4) is 11.8 Å². The zero-order chi connectivity index (χ0) is 38.3. The van der Waals surface area contributed by atoms with Gasteiger partial charge in [-0.2, -0.15) is 0 Å². The number of ether oxygens (including phenoxy) is 3. The fraction of sp³-hybridized carbons (Fsp3) is 0.622. The summed E-state index contributed by atoms with van der Waals surface area (Å²) in [5.41, 5.74) is -2.34. The smallest absolute Gasteiger partial charge is 0.408 e. The number of nitrogens with one attached hydrogen (secondary N) is 3. The maximum Gasteiger partial charge on any atom is 0.408 e. The molecule has 3 N–H and O–H groups in total. The van der Waals surface area contributed by atoms with Crippen LogP contribution in [0.3, 0.4) is 0 Å². The van der Waals surface area contributed by atoms with Crippen LogP contribution in [0.15, 0.2) is 36.4 Å². The third-order valence-corrected chi connectivity index (χ3v) is 12.2. The molecule has 0 bridgehead atoms. The largest absolute Gasteiger partial charge is 0.479 e. The third kappa shape index (κ3) is 8.52. The molecule has 4 aliphatic rings. The van der Waals surface area contributed by atoms with E-state index in [1.807, 2.05) is 37.3 Å². The van der Waals surface area contributed by atoms with Crippen LogP contribution in [0.4, 0.5) is 4.79 Å². The Morgan fingerprint density at radius 1 is 1.02 bits per heavy atom. The molecule has 6 rings (SSSR count). The molecule has 0 radical (unpaired) electrons. The minimum Gasteiger partial charge on any atom is -0.479 e. The molecule has 1 aromatic carbocycles. The first kappa shape index (κ1) is 38.3. The first-order valence-electron chi connectivity index (χ1n) is 18.3. The first-order chi connectivity index (χ1) is 25.0. The Morgan fingerprint density at radius 2 is 1.70 bits per heavy atom.